The number of anilines is 2. The first-order valence-corrected chi connectivity index (χ1v) is 10.7. The molecule has 4 rings (SSSR count). The molecule has 3 heterocycles. The van der Waals surface area contributed by atoms with Crippen molar-refractivity contribution in [3.8, 4) is 5.75 Å². The zero-order valence-electron chi connectivity index (χ0n) is 17.9. The Balaban J connectivity index is 1.42. The lowest BCUT2D eigenvalue weighted by atomic mass is 10.2. The highest BCUT2D eigenvalue weighted by atomic mass is 32.1. The van der Waals surface area contributed by atoms with Gasteiger partial charge >= 0.3 is 6.18 Å². The lowest BCUT2D eigenvalue weighted by Gasteiger charge is -2.06. The molecule has 0 atom stereocenters. The van der Waals surface area contributed by atoms with Crippen LogP contribution in [0.3, 0.4) is 0 Å². The fourth-order valence-electron chi connectivity index (χ4n) is 3.20. The molecular weight excluding hydrogens is 471 g/mol. The molecule has 2 N–H and O–H groups in total. The first kappa shape index (κ1) is 23.2. The SMILES string of the molecule is COc1ccc(NC(=O)Cn2cc(NC(=O)c3sc4nc(C(F)(F)F)ccc4c3C)cn2)cc1. The summed E-state index contributed by atoms with van der Waals surface area (Å²) in [4.78, 5) is 29.0. The third-order valence-electron chi connectivity index (χ3n) is 4.87. The quantitative estimate of drug-likeness (QED) is 0.409. The maximum absolute atomic E-state index is 12.9. The van der Waals surface area contributed by atoms with Crippen molar-refractivity contribution >= 4 is 44.7 Å². The number of thiophene rings is 1. The van der Waals surface area contributed by atoms with E-state index in [4.69, 9.17) is 4.74 Å². The predicted octanol–water partition coefficient (Wildman–Crippen LogP) is 4.72. The average Bonchev–Trinajstić information content (AvgIpc) is 3.37. The number of fused-ring (bicyclic) bond motifs is 1. The summed E-state index contributed by atoms with van der Waals surface area (Å²) >= 11 is 0.879. The normalized spacial score (nSPS) is 11.4. The fourth-order valence-corrected chi connectivity index (χ4v) is 4.27. The highest BCUT2D eigenvalue weighted by Gasteiger charge is 2.33. The van der Waals surface area contributed by atoms with Gasteiger partial charge in [-0.3, -0.25) is 14.3 Å². The van der Waals surface area contributed by atoms with Gasteiger partial charge in [-0.15, -0.1) is 11.3 Å². The predicted molar refractivity (Wildman–Crippen MR) is 121 cm³/mol. The van der Waals surface area contributed by atoms with E-state index >= 15 is 0 Å². The molecule has 12 heteroatoms. The van der Waals surface area contributed by atoms with E-state index in [0.717, 1.165) is 17.4 Å². The van der Waals surface area contributed by atoms with Gasteiger partial charge in [-0.2, -0.15) is 18.3 Å². The average molecular weight is 489 g/mol. The van der Waals surface area contributed by atoms with Crippen molar-refractivity contribution in [2.45, 2.75) is 19.6 Å². The summed E-state index contributed by atoms with van der Waals surface area (Å²) in [6.07, 6.45) is -1.71. The van der Waals surface area contributed by atoms with Gasteiger partial charge in [0, 0.05) is 17.3 Å². The summed E-state index contributed by atoms with van der Waals surface area (Å²) in [6.45, 7) is 1.56. The molecule has 0 spiro atoms. The van der Waals surface area contributed by atoms with Crippen LogP contribution in [0.25, 0.3) is 10.2 Å². The number of rotatable bonds is 6. The van der Waals surface area contributed by atoms with E-state index in [-0.39, 0.29) is 22.2 Å². The molecule has 8 nitrogen and oxygen atoms in total. The highest BCUT2D eigenvalue weighted by molar-refractivity contribution is 7.20. The van der Waals surface area contributed by atoms with Crippen molar-refractivity contribution in [3.05, 3.63) is 64.9 Å². The number of aryl methyl sites for hydroxylation is 1. The molecule has 1 aromatic carbocycles. The van der Waals surface area contributed by atoms with Crippen LogP contribution in [0.15, 0.2) is 48.8 Å². The van der Waals surface area contributed by atoms with Crippen molar-refractivity contribution in [3.63, 3.8) is 0 Å². The fraction of sp³-hybridized carbons (Fsp3) is 0.182. The largest absolute Gasteiger partial charge is 0.497 e. The van der Waals surface area contributed by atoms with E-state index in [2.05, 4.69) is 20.7 Å². The molecule has 176 valence electrons. The number of carbonyl (C=O) groups is 2. The van der Waals surface area contributed by atoms with Crippen molar-refractivity contribution < 1.29 is 27.5 Å². The number of pyridine rings is 1. The van der Waals surface area contributed by atoms with Gasteiger partial charge in [0.05, 0.1) is 23.9 Å². The Morgan fingerprint density at radius 3 is 2.50 bits per heavy atom. The van der Waals surface area contributed by atoms with Crippen LogP contribution in [-0.2, 0) is 17.5 Å². The second-order valence-electron chi connectivity index (χ2n) is 7.26. The molecule has 0 aliphatic heterocycles. The van der Waals surface area contributed by atoms with E-state index in [1.807, 2.05) is 0 Å². The van der Waals surface area contributed by atoms with Crippen LogP contribution in [0.5, 0.6) is 5.75 Å². The van der Waals surface area contributed by atoms with Crippen LogP contribution < -0.4 is 15.4 Å². The monoisotopic (exact) mass is 489 g/mol. The minimum absolute atomic E-state index is 0.0893. The van der Waals surface area contributed by atoms with Crippen LogP contribution >= 0.6 is 11.3 Å². The molecule has 2 amide bonds. The van der Waals surface area contributed by atoms with E-state index in [1.165, 1.54) is 23.1 Å². The molecular formula is C22H18F3N5O3S. The molecule has 0 radical (unpaired) electrons. The molecule has 0 fully saturated rings. The number of nitrogens with one attached hydrogen (secondary N) is 2. The van der Waals surface area contributed by atoms with Gasteiger partial charge in [0.1, 0.15) is 22.8 Å². The third kappa shape index (κ3) is 5.01. The minimum atomic E-state index is -4.57. The molecule has 34 heavy (non-hydrogen) atoms. The number of alkyl halides is 3. The Kier molecular flexibility index (Phi) is 6.24. The Morgan fingerprint density at radius 1 is 1.09 bits per heavy atom. The highest BCUT2D eigenvalue weighted by Crippen LogP contribution is 2.34. The Hall–Kier alpha value is -3.93. The number of hydrogen-bond donors (Lipinski definition) is 2. The molecule has 0 aliphatic rings. The van der Waals surface area contributed by atoms with E-state index in [9.17, 15) is 22.8 Å². The Morgan fingerprint density at radius 2 is 1.82 bits per heavy atom. The molecule has 0 saturated heterocycles. The van der Waals surface area contributed by atoms with Crippen LogP contribution in [0.2, 0.25) is 0 Å². The maximum atomic E-state index is 12.9. The zero-order valence-corrected chi connectivity index (χ0v) is 18.8. The summed E-state index contributed by atoms with van der Waals surface area (Å²) in [6, 6.07) is 9.04. The number of halogens is 3. The van der Waals surface area contributed by atoms with Crippen molar-refractivity contribution in [1.29, 1.82) is 0 Å². The van der Waals surface area contributed by atoms with Gasteiger partial charge in [-0.05, 0) is 48.9 Å². The van der Waals surface area contributed by atoms with Crippen LogP contribution in [0.1, 0.15) is 20.9 Å². The number of ether oxygens (including phenoxy) is 1. The molecule has 3 aromatic heterocycles. The van der Waals surface area contributed by atoms with Gasteiger partial charge in [-0.1, -0.05) is 0 Å². The van der Waals surface area contributed by atoms with Crippen LogP contribution in [0, 0.1) is 6.92 Å². The van der Waals surface area contributed by atoms with Crippen molar-refractivity contribution in [2.24, 2.45) is 0 Å². The Bertz CT molecular complexity index is 1360. The topological polar surface area (TPSA) is 98.1 Å². The Labute approximate surface area is 195 Å². The summed E-state index contributed by atoms with van der Waals surface area (Å²) in [5.74, 6) is -0.162. The second-order valence-corrected chi connectivity index (χ2v) is 8.26. The first-order chi connectivity index (χ1) is 16.1. The number of amides is 2. The number of hydrogen-bond acceptors (Lipinski definition) is 6. The molecule has 0 unspecified atom stereocenters. The maximum Gasteiger partial charge on any atom is 0.433 e. The standard InChI is InChI=1S/C22H18F3N5O3S/c1-12-16-7-8-17(22(23,24)25)29-21(16)34-19(12)20(32)28-14-9-26-30(10-14)11-18(31)27-13-3-5-15(33-2)6-4-13/h3-10H,11H2,1-2H3,(H,27,31)(H,28,32). The van der Waals surface area contributed by atoms with E-state index < -0.39 is 17.8 Å². The van der Waals surface area contributed by atoms with Gasteiger partial charge < -0.3 is 15.4 Å². The van der Waals surface area contributed by atoms with E-state index in [1.54, 1.807) is 38.3 Å². The third-order valence-corrected chi connectivity index (χ3v) is 6.07. The number of methoxy groups -OCH3 is 1. The molecule has 0 aliphatic carbocycles. The van der Waals surface area contributed by atoms with Gasteiger partial charge in [0.15, 0.2) is 0 Å². The minimum Gasteiger partial charge on any atom is -0.497 e. The van der Waals surface area contributed by atoms with Gasteiger partial charge in [-0.25, -0.2) is 4.98 Å². The van der Waals surface area contributed by atoms with Crippen molar-refractivity contribution in [1.82, 2.24) is 14.8 Å². The number of aromatic nitrogens is 3. The zero-order chi connectivity index (χ0) is 24.5. The summed E-state index contributed by atoms with van der Waals surface area (Å²) in [7, 11) is 1.55. The first-order valence-electron chi connectivity index (χ1n) is 9.89. The molecule has 0 saturated carbocycles. The molecule has 4 aromatic rings. The summed E-state index contributed by atoms with van der Waals surface area (Å²) < 4.78 is 45.2. The van der Waals surface area contributed by atoms with Gasteiger partial charge in [0.25, 0.3) is 5.91 Å². The van der Waals surface area contributed by atoms with E-state index in [0.29, 0.717) is 28.1 Å². The van der Waals surface area contributed by atoms with Crippen molar-refractivity contribution in [2.75, 3.05) is 17.7 Å². The van der Waals surface area contributed by atoms with Crippen LogP contribution in [-0.4, -0.2) is 33.7 Å². The second kappa shape index (κ2) is 9.14. The lowest BCUT2D eigenvalue weighted by molar-refractivity contribution is -0.140. The summed E-state index contributed by atoms with van der Waals surface area (Å²) in [5, 5.41) is 9.92. The number of carbonyl (C=O) groups excluding carboxylic acids is 2. The van der Waals surface area contributed by atoms with Gasteiger partial charge in [0.2, 0.25) is 5.91 Å². The number of benzene rings is 1. The lowest BCUT2D eigenvalue weighted by Crippen LogP contribution is -2.19. The smallest absolute Gasteiger partial charge is 0.433 e. The molecule has 0 bridgehead atoms. The summed E-state index contributed by atoms with van der Waals surface area (Å²) in [5.41, 5.74) is 0.449. The number of nitrogens with zero attached hydrogens (tertiary/aromatic N) is 3. The van der Waals surface area contributed by atoms with Crippen LogP contribution in [0.4, 0.5) is 24.5 Å².